The number of amides is 1. The normalized spacial score (nSPS) is 11.6. The summed E-state index contributed by atoms with van der Waals surface area (Å²) >= 11 is 6.11. The minimum atomic E-state index is -0.477. The smallest absolute Gasteiger partial charge is 0.410 e. The molecule has 0 aliphatic carbocycles. The Morgan fingerprint density at radius 1 is 1.32 bits per heavy atom. The molecule has 22 heavy (non-hydrogen) atoms. The van der Waals surface area contributed by atoms with Crippen molar-refractivity contribution in [1.82, 2.24) is 10.2 Å². The van der Waals surface area contributed by atoms with Crippen molar-refractivity contribution in [2.75, 3.05) is 13.1 Å². The third-order valence-electron chi connectivity index (χ3n) is 3.05. The van der Waals surface area contributed by atoms with Crippen LogP contribution in [0.4, 0.5) is 4.79 Å². The van der Waals surface area contributed by atoms with Crippen LogP contribution in [0, 0.1) is 0 Å². The van der Waals surface area contributed by atoms with Gasteiger partial charge in [0.1, 0.15) is 5.60 Å². The molecule has 0 radical (unpaired) electrons. The SMILES string of the molecule is CC(C)N(CCNCc1ccccc1Cl)C(=O)OC(C)(C)C. The van der Waals surface area contributed by atoms with E-state index in [0.717, 1.165) is 10.6 Å². The van der Waals surface area contributed by atoms with E-state index >= 15 is 0 Å². The molecule has 1 rings (SSSR count). The number of ether oxygens (including phenoxy) is 1. The van der Waals surface area contributed by atoms with Crippen LogP contribution in [0.15, 0.2) is 24.3 Å². The first kappa shape index (κ1) is 18.8. The summed E-state index contributed by atoms with van der Waals surface area (Å²) in [7, 11) is 0. The highest BCUT2D eigenvalue weighted by Gasteiger charge is 2.23. The lowest BCUT2D eigenvalue weighted by atomic mass is 10.2. The molecule has 0 heterocycles. The van der Waals surface area contributed by atoms with Gasteiger partial charge in [-0.3, -0.25) is 0 Å². The van der Waals surface area contributed by atoms with Crippen LogP contribution in [0.1, 0.15) is 40.2 Å². The number of nitrogens with zero attached hydrogens (tertiary/aromatic N) is 1. The van der Waals surface area contributed by atoms with Gasteiger partial charge in [-0.15, -0.1) is 0 Å². The molecule has 0 bridgehead atoms. The quantitative estimate of drug-likeness (QED) is 0.801. The lowest BCUT2D eigenvalue weighted by Gasteiger charge is -2.30. The van der Waals surface area contributed by atoms with Crippen molar-refractivity contribution in [3.05, 3.63) is 34.9 Å². The molecular formula is C17H27ClN2O2. The largest absolute Gasteiger partial charge is 0.444 e. The van der Waals surface area contributed by atoms with Crippen LogP contribution < -0.4 is 5.32 Å². The summed E-state index contributed by atoms with van der Waals surface area (Å²) in [4.78, 5) is 13.9. The Bertz CT molecular complexity index is 484. The van der Waals surface area contributed by atoms with Gasteiger partial charge in [-0.2, -0.15) is 0 Å². The third kappa shape index (κ3) is 6.67. The molecule has 1 N–H and O–H groups in total. The number of hydrogen-bond acceptors (Lipinski definition) is 3. The lowest BCUT2D eigenvalue weighted by Crippen LogP contribution is -2.44. The van der Waals surface area contributed by atoms with Crippen molar-refractivity contribution in [1.29, 1.82) is 0 Å². The number of halogens is 1. The molecule has 0 saturated heterocycles. The second-order valence-corrected chi connectivity index (χ2v) is 6.94. The van der Waals surface area contributed by atoms with E-state index in [1.54, 1.807) is 4.90 Å². The van der Waals surface area contributed by atoms with E-state index in [0.29, 0.717) is 19.6 Å². The zero-order chi connectivity index (χ0) is 16.8. The highest BCUT2D eigenvalue weighted by molar-refractivity contribution is 6.31. The fraction of sp³-hybridized carbons (Fsp3) is 0.588. The molecule has 4 nitrogen and oxygen atoms in total. The van der Waals surface area contributed by atoms with E-state index in [1.165, 1.54) is 0 Å². The second-order valence-electron chi connectivity index (χ2n) is 6.54. The summed E-state index contributed by atoms with van der Waals surface area (Å²) < 4.78 is 5.43. The maximum Gasteiger partial charge on any atom is 0.410 e. The van der Waals surface area contributed by atoms with Crippen LogP contribution in [0.2, 0.25) is 5.02 Å². The average molecular weight is 327 g/mol. The molecule has 0 spiro atoms. The molecule has 1 aromatic rings. The van der Waals surface area contributed by atoms with E-state index < -0.39 is 5.60 Å². The monoisotopic (exact) mass is 326 g/mol. The number of carbonyl (C=O) groups excluding carboxylic acids is 1. The van der Waals surface area contributed by atoms with Crippen LogP contribution >= 0.6 is 11.6 Å². The Morgan fingerprint density at radius 3 is 2.50 bits per heavy atom. The Labute approximate surface area is 138 Å². The molecule has 124 valence electrons. The average Bonchev–Trinajstić information content (AvgIpc) is 2.37. The van der Waals surface area contributed by atoms with E-state index in [4.69, 9.17) is 16.3 Å². The minimum Gasteiger partial charge on any atom is -0.444 e. The van der Waals surface area contributed by atoms with Crippen LogP contribution in [0.3, 0.4) is 0 Å². The molecule has 1 amide bonds. The second kappa shape index (κ2) is 8.39. The van der Waals surface area contributed by atoms with Gasteiger partial charge in [0, 0.05) is 30.7 Å². The number of benzene rings is 1. The molecule has 0 fully saturated rings. The summed E-state index contributed by atoms with van der Waals surface area (Å²) in [6.07, 6.45) is -0.276. The number of nitrogens with one attached hydrogen (secondary N) is 1. The van der Waals surface area contributed by atoms with Gasteiger partial charge in [-0.05, 0) is 46.2 Å². The summed E-state index contributed by atoms with van der Waals surface area (Å²) in [6.45, 7) is 11.5. The van der Waals surface area contributed by atoms with Crippen molar-refractivity contribution in [3.63, 3.8) is 0 Å². The van der Waals surface area contributed by atoms with Gasteiger partial charge in [0.15, 0.2) is 0 Å². The standard InChI is InChI=1S/C17H27ClN2O2/c1-13(2)20(16(21)22-17(3,4)5)11-10-19-12-14-8-6-7-9-15(14)18/h6-9,13,19H,10-12H2,1-5H3. The predicted molar refractivity (Wildman–Crippen MR) is 91.2 cm³/mol. The van der Waals surface area contributed by atoms with Gasteiger partial charge in [-0.1, -0.05) is 29.8 Å². The van der Waals surface area contributed by atoms with Crippen LogP contribution in [0.5, 0.6) is 0 Å². The Balaban J connectivity index is 2.45. The fourth-order valence-electron chi connectivity index (χ4n) is 1.95. The number of carbonyl (C=O) groups is 1. The zero-order valence-electron chi connectivity index (χ0n) is 14.1. The first-order valence-electron chi connectivity index (χ1n) is 7.64. The molecule has 0 aliphatic heterocycles. The first-order chi connectivity index (χ1) is 10.2. The van der Waals surface area contributed by atoms with E-state index in [9.17, 15) is 4.79 Å². The fourth-order valence-corrected chi connectivity index (χ4v) is 2.15. The molecular weight excluding hydrogens is 300 g/mol. The Kier molecular flexibility index (Phi) is 7.17. The van der Waals surface area contributed by atoms with Gasteiger partial charge in [0.25, 0.3) is 0 Å². The van der Waals surface area contributed by atoms with E-state index in [-0.39, 0.29) is 12.1 Å². The molecule has 0 saturated carbocycles. The van der Waals surface area contributed by atoms with Gasteiger partial charge < -0.3 is 15.0 Å². The van der Waals surface area contributed by atoms with Crippen molar-refractivity contribution in [2.45, 2.75) is 52.8 Å². The van der Waals surface area contributed by atoms with Gasteiger partial charge >= 0.3 is 6.09 Å². The molecule has 1 aromatic carbocycles. The number of rotatable bonds is 6. The molecule has 0 aliphatic rings. The molecule has 0 aromatic heterocycles. The van der Waals surface area contributed by atoms with Crippen molar-refractivity contribution in [2.24, 2.45) is 0 Å². The van der Waals surface area contributed by atoms with Crippen molar-refractivity contribution >= 4 is 17.7 Å². The summed E-state index contributed by atoms with van der Waals surface area (Å²) in [5.41, 5.74) is 0.576. The number of hydrogen-bond donors (Lipinski definition) is 1. The van der Waals surface area contributed by atoms with E-state index in [2.05, 4.69) is 5.32 Å². The topological polar surface area (TPSA) is 41.6 Å². The van der Waals surface area contributed by atoms with Gasteiger partial charge in [-0.25, -0.2) is 4.79 Å². The van der Waals surface area contributed by atoms with Crippen molar-refractivity contribution in [3.8, 4) is 0 Å². The molecule has 0 atom stereocenters. The zero-order valence-corrected chi connectivity index (χ0v) is 14.9. The third-order valence-corrected chi connectivity index (χ3v) is 3.42. The minimum absolute atomic E-state index is 0.0944. The summed E-state index contributed by atoms with van der Waals surface area (Å²) in [5, 5.41) is 4.06. The predicted octanol–water partition coefficient (Wildman–Crippen LogP) is 4.08. The summed E-state index contributed by atoms with van der Waals surface area (Å²) in [5.74, 6) is 0. The Morgan fingerprint density at radius 2 is 1.95 bits per heavy atom. The maximum atomic E-state index is 12.2. The Hall–Kier alpha value is -1.26. The van der Waals surface area contributed by atoms with Gasteiger partial charge in [0.05, 0.1) is 0 Å². The van der Waals surface area contributed by atoms with E-state index in [1.807, 2.05) is 58.9 Å². The van der Waals surface area contributed by atoms with Crippen molar-refractivity contribution < 1.29 is 9.53 Å². The highest BCUT2D eigenvalue weighted by Crippen LogP contribution is 2.14. The summed E-state index contributed by atoms with van der Waals surface area (Å²) in [6, 6.07) is 7.83. The highest BCUT2D eigenvalue weighted by atomic mass is 35.5. The molecule has 5 heteroatoms. The van der Waals surface area contributed by atoms with Crippen LogP contribution in [-0.2, 0) is 11.3 Å². The van der Waals surface area contributed by atoms with Gasteiger partial charge in [0.2, 0.25) is 0 Å². The first-order valence-corrected chi connectivity index (χ1v) is 8.02. The molecule has 0 unspecified atom stereocenters. The van der Waals surface area contributed by atoms with Crippen LogP contribution in [0.25, 0.3) is 0 Å². The maximum absolute atomic E-state index is 12.2. The lowest BCUT2D eigenvalue weighted by molar-refractivity contribution is 0.0193. The van der Waals surface area contributed by atoms with Crippen LogP contribution in [-0.4, -0.2) is 35.7 Å².